The molecule has 3 fully saturated rings. The maximum atomic E-state index is 13.1. The second kappa shape index (κ2) is 7.63. The predicted molar refractivity (Wildman–Crippen MR) is 105 cm³/mol. The molecule has 2 heterocycles. The van der Waals surface area contributed by atoms with E-state index in [2.05, 4.69) is 47.5 Å². The van der Waals surface area contributed by atoms with Gasteiger partial charge in [-0.05, 0) is 49.5 Å². The fourth-order valence-electron chi connectivity index (χ4n) is 5.10. The average molecular weight is 370 g/mol. The first-order valence-corrected chi connectivity index (χ1v) is 10.5. The first-order chi connectivity index (χ1) is 13.1. The van der Waals surface area contributed by atoms with Crippen LogP contribution in [-0.2, 0) is 11.2 Å². The van der Waals surface area contributed by atoms with E-state index in [1.165, 1.54) is 10.5 Å². The summed E-state index contributed by atoms with van der Waals surface area (Å²) in [5.74, 6) is 0.923. The van der Waals surface area contributed by atoms with Crippen molar-refractivity contribution in [2.45, 2.75) is 57.4 Å². The van der Waals surface area contributed by atoms with Crippen LogP contribution in [0.1, 0.15) is 51.0 Å². The number of carbonyl (C=O) groups is 2. The molecule has 5 nitrogen and oxygen atoms in total. The molecule has 146 valence electrons. The Morgan fingerprint density at radius 2 is 1.81 bits per heavy atom. The highest BCUT2D eigenvalue weighted by Gasteiger charge is 2.55. The third-order valence-electron chi connectivity index (χ3n) is 6.92. The lowest BCUT2D eigenvalue weighted by Crippen LogP contribution is -2.54. The summed E-state index contributed by atoms with van der Waals surface area (Å²) in [7, 11) is 0. The summed E-state index contributed by atoms with van der Waals surface area (Å²) in [6.07, 6.45) is 7.35. The minimum absolute atomic E-state index is 0.00566. The molecule has 2 aliphatic heterocycles. The second-order valence-corrected chi connectivity index (χ2v) is 8.67. The molecular weight excluding hydrogens is 338 g/mol. The molecule has 1 aromatic rings. The van der Waals surface area contributed by atoms with E-state index in [-0.39, 0.29) is 17.9 Å². The van der Waals surface area contributed by atoms with Gasteiger partial charge in [-0.15, -0.1) is 0 Å². The quantitative estimate of drug-likeness (QED) is 0.828. The van der Waals surface area contributed by atoms with Crippen molar-refractivity contribution in [1.82, 2.24) is 15.1 Å². The summed E-state index contributed by atoms with van der Waals surface area (Å²) < 4.78 is 0. The lowest BCUT2D eigenvalue weighted by molar-refractivity contribution is -0.135. The van der Waals surface area contributed by atoms with Crippen LogP contribution in [0.15, 0.2) is 30.3 Å². The Labute approximate surface area is 162 Å². The van der Waals surface area contributed by atoms with Crippen LogP contribution in [0.3, 0.4) is 0 Å². The number of rotatable bonds is 4. The number of carbonyl (C=O) groups excluding carboxylic acids is 2. The van der Waals surface area contributed by atoms with Crippen LogP contribution in [0.4, 0.5) is 4.79 Å². The fourth-order valence-corrected chi connectivity index (χ4v) is 5.10. The van der Waals surface area contributed by atoms with Crippen molar-refractivity contribution < 1.29 is 9.59 Å². The Morgan fingerprint density at radius 1 is 1.07 bits per heavy atom. The number of imide groups is 1. The number of likely N-dealkylation sites (tertiary alicyclic amines) is 1. The van der Waals surface area contributed by atoms with Gasteiger partial charge in [0, 0.05) is 13.1 Å². The van der Waals surface area contributed by atoms with Crippen molar-refractivity contribution in [1.29, 1.82) is 0 Å². The molecule has 1 N–H and O–H groups in total. The molecule has 1 aromatic carbocycles. The maximum Gasteiger partial charge on any atom is 0.326 e. The monoisotopic (exact) mass is 369 g/mol. The van der Waals surface area contributed by atoms with E-state index in [4.69, 9.17) is 0 Å². The highest BCUT2D eigenvalue weighted by molar-refractivity contribution is 6.07. The lowest BCUT2D eigenvalue weighted by atomic mass is 9.73. The summed E-state index contributed by atoms with van der Waals surface area (Å²) in [6, 6.07) is 10.5. The number of hydrogen-bond acceptors (Lipinski definition) is 3. The van der Waals surface area contributed by atoms with Gasteiger partial charge in [0.1, 0.15) is 5.54 Å². The van der Waals surface area contributed by atoms with Crippen LogP contribution in [0.25, 0.3) is 0 Å². The lowest BCUT2D eigenvalue weighted by Gasteiger charge is -2.37. The summed E-state index contributed by atoms with van der Waals surface area (Å²) in [5, 5.41) is 3.06. The highest BCUT2D eigenvalue weighted by Crippen LogP contribution is 2.38. The van der Waals surface area contributed by atoms with Gasteiger partial charge in [0.05, 0.1) is 6.67 Å². The molecule has 1 saturated carbocycles. The third kappa shape index (κ3) is 3.62. The van der Waals surface area contributed by atoms with Crippen molar-refractivity contribution in [3.63, 3.8) is 0 Å². The first kappa shape index (κ1) is 18.5. The molecule has 3 amide bonds. The smallest absolute Gasteiger partial charge is 0.323 e. The van der Waals surface area contributed by atoms with Gasteiger partial charge in [0.25, 0.3) is 5.91 Å². The van der Waals surface area contributed by atoms with E-state index in [9.17, 15) is 9.59 Å². The number of piperidine rings is 1. The standard InChI is InChI=1S/C22H31N3O2/c1-17-7-5-6-12-22(17)20(26)25(21(27)23-22)16-24-13-10-19(11-14-24)15-18-8-3-2-4-9-18/h2-4,8-9,17,19H,5-7,10-16H2,1H3,(H,23,27). The van der Waals surface area contributed by atoms with Crippen molar-refractivity contribution in [2.24, 2.45) is 11.8 Å². The molecule has 3 aliphatic rings. The first-order valence-electron chi connectivity index (χ1n) is 10.5. The van der Waals surface area contributed by atoms with Crippen molar-refractivity contribution in [3.8, 4) is 0 Å². The molecular formula is C22H31N3O2. The third-order valence-corrected chi connectivity index (χ3v) is 6.92. The Kier molecular flexibility index (Phi) is 5.22. The largest absolute Gasteiger partial charge is 0.326 e. The molecule has 5 heteroatoms. The number of hydrogen-bond donors (Lipinski definition) is 1. The minimum Gasteiger partial charge on any atom is -0.323 e. The van der Waals surface area contributed by atoms with Crippen molar-refractivity contribution in [2.75, 3.05) is 19.8 Å². The van der Waals surface area contributed by atoms with E-state index in [1.807, 2.05) is 0 Å². The normalized spacial score (nSPS) is 30.1. The molecule has 27 heavy (non-hydrogen) atoms. The van der Waals surface area contributed by atoms with E-state index in [0.717, 1.165) is 58.0 Å². The van der Waals surface area contributed by atoms with Gasteiger partial charge in [-0.1, -0.05) is 50.1 Å². The highest BCUT2D eigenvalue weighted by atomic mass is 16.2. The van der Waals surface area contributed by atoms with Crippen LogP contribution in [0.2, 0.25) is 0 Å². The van der Waals surface area contributed by atoms with E-state index < -0.39 is 5.54 Å². The molecule has 0 bridgehead atoms. The molecule has 1 spiro atoms. The van der Waals surface area contributed by atoms with Gasteiger partial charge in [-0.3, -0.25) is 9.69 Å². The topological polar surface area (TPSA) is 52.7 Å². The zero-order valence-corrected chi connectivity index (χ0v) is 16.3. The molecule has 0 radical (unpaired) electrons. The van der Waals surface area contributed by atoms with E-state index >= 15 is 0 Å². The van der Waals surface area contributed by atoms with Gasteiger partial charge < -0.3 is 5.32 Å². The Hall–Kier alpha value is -1.88. The average Bonchev–Trinajstić information content (AvgIpc) is 2.91. The minimum atomic E-state index is -0.638. The number of amides is 3. The Bertz CT molecular complexity index is 684. The summed E-state index contributed by atoms with van der Waals surface area (Å²) >= 11 is 0. The Morgan fingerprint density at radius 3 is 2.52 bits per heavy atom. The van der Waals surface area contributed by atoms with Crippen molar-refractivity contribution >= 4 is 11.9 Å². The molecule has 2 atom stereocenters. The summed E-state index contributed by atoms with van der Waals surface area (Å²) in [6.45, 7) is 4.46. The van der Waals surface area contributed by atoms with Crippen LogP contribution < -0.4 is 5.32 Å². The van der Waals surface area contributed by atoms with Gasteiger partial charge in [-0.2, -0.15) is 0 Å². The van der Waals surface area contributed by atoms with Crippen LogP contribution in [0.5, 0.6) is 0 Å². The molecule has 2 unspecified atom stereocenters. The molecule has 4 rings (SSSR count). The summed E-state index contributed by atoms with van der Waals surface area (Å²) in [4.78, 5) is 29.4. The van der Waals surface area contributed by atoms with Crippen LogP contribution in [-0.4, -0.2) is 47.0 Å². The molecule has 0 aromatic heterocycles. The van der Waals surface area contributed by atoms with Gasteiger partial charge in [-0.25, -0.2) is 9.69 Å². The Balaban J connectivity index is 1.32. The van der Waals surface area contributed by atoms with Gasteiger partial charge in [0.15, 0.2) is 0 Å². The maximum absolute atomic E-state index is 13.1. The SMILES string of the molecule is CC1CCCCC12NC(=O)N(CN1CCC(Cc3ccccc3)CC1)C2=O. The fraction of sp³-hybridized carbons (Fsp3) is 0.636. The van der Waals surface area contributed by atoms with Gasteiger partial charge >= 0.3 is 6.03 Å². The molecule has 1 aliphatic carbocycles. The van der Waals surface area contributed by atoms with E-state index in [1.54, 1.807) is 0 Å². The number of nitrogens with one attached hydrogen (secondary N) is 1. The van der Waals surface area contributed by atoms with Crippen LogP contribution >= 0.6 is 0 Å². The number of urea groups is 1. The summed E-state index contributed by atoms with van der Waals surface area (Å²) in [5.41, 5.74) is 0.763. The van der Waals surface area contributed by atoms with Gasteiger partial charge in [0.2, 0.25) is 0 Å². The number of nitrogens with zero attached hydrogens (tertiary/aromatic N) is 2. The van der Waals surface area contributed by atoms with Crippen LogP contribution in [0, 0.1) is 11.8 Å². The van der Waals surface area contributed by atoms with Crippen molar-refractivity contribution in [3.05, 3.63) is 35.9 Å². The second-order valence-electron chi connectivity index (χ2n) is 8.67. The zero-order chi connectivity index (χ0) is 18.9. The zero-order valence-electron chi connectivity index (χ0n) is 16.3. The molecule has 2 saturated heterocycles. The number of benzene rings is 1. The van der Waals surface area contributed by atoms with E-state index in [0.29, 0.717) is 12.6 Å². The predicted octanol–water partition coefficient (Wildman–Crippen LogP) is 3.40.